The van der Waals surface area contributed by atoms with Crippen molar-refractivity contribution < 1.29 is 9.50 Å². The number of rotatable bonds is 8. The molecule has 0 aliphatic rings. The Bertz CT molecular complexity index is 371. The van der Waals surface area contributed by atoms with Crippen molar-refractivity contribution in [2.75, 3.05) is 26.7 Å². The lowest BCUT2D eigenvalue weighted by Gasteiger charge is -2.21. The minimum atomic E-state index is -0.405. The highest BCUT2D eigenvalue weighted by molar-refractivity contribution is 5.16. The van der Waals surface area contributed by atoms with E-state index in [4.69, 9.17) is 0 Å². The van der Waals surface area contributed by atoms with Gasteiger partial charge in [-0.3, -0.25) is 4.90 Å². The normalized spacial score (nSPS) is 13.2. The van der Waals surface area contributed by atoms with Crippen molar-refractivity contribution in [1.82, 2.24) is 10.2 Å². The van der Waals surface area contributed by atoms with Gasteiger partial charge in [-0.25, -0.2) is 4.39 Å². The fraction of sp³-hybridized carbons (Fsp3) is 0.600. The Morgan fingerprint density at radius 3 is 2.68 bits per heavy atom. The first-order chi connectivity index (χ1) is 8.97. The molecule has 0 radical (unpaired) electrons. The summed E-state index contributed by atoms with van der Waals surface area (Å²) >= 11 is 0. The second kappa shape index (κ2) is 8.25. The van der Waals surface area contributed by atoms with Crippen LogP contribution in [0.5, 0.6) is 0 Å². The molecule has 0 amide bonds. The topological polar surface area (TPSA) is 35.5 Å². The van der Waals surface area contributed by atoms with Crippen LogP contribution < -0.4 is 5.32 Å². The third kappa shape index (κ3) is 7.25. The number of aliphatic hydroxyl groups is 1. The second-order valence-electron chi connectivity index (χ2n) is 5.53. The van der Waals surface area contributed by atoms with E-state index < -0.39 is 6.10 Å². The van der Waals surface area contributed by atoms with Crippen molar-refractivity contribution >= 4 is 0 Å². The van der Waals surface area contributed by atoms with Gasteiger partial charge >= 0.3 is 0 Å². The molecule has 4 heteroatoms. The molecule has 1 aromatic carbocycles. The molecule has 0 aliphatic heterocycles. The minimum Gasteiger partial charge on any atom is -0.390 e. The van der Waals surface area contributed by atoms with Crippen LogP contribution >= 0.6 is 0 Å². The number of benzene rings is 1. The van der Waals surface area contributed by atoms with E-state index in [0.717, 1.165) is 12.1 Å². The average molecular weight is 268 g/mol. The Hall–Kier alpha value is -0.970. The predicted octanol–water partition coefficient (Wildman–Crippen LogP) is 1.86. The number of hydrogen-bond donors (Lipinski definition) is 2. The van der Waals surface area contributed by atoms with Crippen molar-refractivity contribution in [1.29, 1.82) is 0 Å². The van der Waals surface area contributed by atoms with E-state index in [2.05, 4.69) is 19.2 Å². The van der Waals surface area contributed by atoms with Crippen LogP contribution in [-0.4, -0.2) is 42.8 Å². The van der Waals surface area contributed by atoms with Crippen LogP contribution in [0.2, 0.25) is 0 Å². The molecule has 0 aliphatic carbocycles. The maximum Gasteiger partial charge on any atom is 0.123 e. The molecule has 0 saturated heterocycles. The predicted molar refractivity (Wildman–Crippen MR) is 76.4 cm³/mol. The van der Waals surface area contributed by atoms with Crippen LogP contribution in [0, 0.1) is 11.7 Å². The molecule has 3 nitrogen and oxygen atoms in total. The second-order valence-corrected chi connectivity index (χ2v) is 5.53. The summed E-state index contributed by atoms with van der Waals surface area (Å²) in [6.45, 7) is 6.97. The summed E-state index contributed by atoms with van der Waals surface area (Å²) in [4.78, 5) is 2.00. The summed E-state index contributed by atoms with van der Waals surface area (Å²) < 4.78 is 13.0. The minimum absolute atomic E-state index is 0.218. The molecule has 0 spiro atoms. The number of likely N-dealkylation sites (N-methyl/N-ethyl adjacent to an activating group) is 1. The quantitative estimate of drug-likeness (QED) is 0.755. The first-order valence-corrected chi connectivity index (χ1v) is 6.79. The number of nitrogens with one attached hydrogen (secondary N) is 1. The van der Waals surface area contributed by atoms with E-state index in [1.165, 1.54) is 12.1 Å². The zero-order chi connectivity index (χ0) is 14.3. The number of aliphatic hydroxyl groups excluding tert-OH is 1. The van der Waals surface area contributed by atoms with E-state index in [-0.39, 0.29) is 5.82 Å². The largest absolute Gasteiger partial charge is 0.390 e. The lowest BCUT2D eigenvalue weighted by atomic mass is 10.2. The maximum atomic E-state index is 13.0. The third-order valence-electron chi connectivity index (χ3n) is 2.80. The zero-order valence-corrected chi connectivity index (χ0v) is 12.1. The van der Waals surface area contributed by atoms with Gasteiger partial charge in [0.25, 0.3) is 0 Å². The summed E-state index contributed by atoms with van der Waals surface area (Å²) in [5.74, 6) is 0.363. The van der Waals surface area contributed by atoms with Gasteiger partial charge in [-0.05, 0) is 37.2 Å². The lowest BCUT2D eigenvalue weighted by molar-refractivity contribution is 0.120. The number of nitrogens with zero attached hydrogens (tertiary/aromatic N) is 1. The molecule has 0 bridgehead atoms. The van der Waals surface area contributed by atoms with Crippen molar-refractivity contribution in [3.63, 3.8) is 0 Å². The average Bonchev–Trinajstić information content (AvgIpc) is 2.27. The van der Waals surface area contributed by atoms with E-state index >= 15 is 0 Å². The Balaban J connectivity index is 2.28. The van der Waals surface area contributed by atoms with Crippen LogP contribution in [0.1, 0.15) is 19.4 Å². The van der Waals surface area contributed by atoms with Gasteiger partial charge in [-0.1, -0.05) is 26.0 Å². The first kappa shape index (κ1) is 16.1. The smallest absolute Gasteiger partial charge is 0.123 e. The molecule has 0 fully saturated rings. The van der Waals surface area contributed by atoms with E-state index in [0.29, 0.717) is 25.6 Å². The Morgan fingerprint density at radius 1 is 1.32 bits per heavy atom. The molecule has 1 unspecified atom stereocenters. The fourth-order valence-electron chi connectivity index (χ4n) is 1.97. The van der Waals surface area contributed by atoms with Gasteiger partial charge in [-0.15, -0.1) is 0 Å². The van der Waals surface area contributed by atoms with Crippen molar-refractivity contribution in [2.24, 2.45) is 5.92 Å². The van der Waals surface area contributed by atoms with E-state index in [1.54, 1.807) is 6.07 Å². The Labute approximate surface area is 115 Å². The van der Waals surface area contributed by atoms with Crippen LogP contribution in [0.25, 0.3) is 0 Å². The van der Waals surface area contributed by atoms with Gasteiger partial charge in [0.2, 0.25) is 0 Å². The molecule has 1 aromatic rings. The van der Waals surface area contributed by atoms with E-state index in [9.17, 15) is 9.50 Å². The van der Waals surface area contributed by atoms with Crippen LogP contribution in [0.15, 0.2) is 24.3 Å². The van der Waals surface area contributed by atoms with Gasteiger partial charge in [0.1, 0.15) is 5.82 Å². The van der Waals surface area contributed by atoms with Crippen LogP contribution in [-0.2, 0) is 6.54 Å². The Morgan fingerprint density at radius 2 is 2.05 bits per heavy atom. The molecular formula is C15H25FN2O. The highest BCUT2D eigenvalue weighted by Crippen LogP contribution is 2.06. The van der Waals surface area contributed by atoms with E-state index in [1.807, 2.05) is 18.0 Å². The van der Waals surface area contributed by atoms with Gasteiger partial charge in [0.15, 0.2) is 0 Å². The molecule has 0 heterocycles. The maximum absolute atomic E-state index is 13.0. The van der Waals surface area contributed by atoms with Gasteiger partial charge in [-0.2, -0.15) is 0 Å². The summed E-state index contributed by atoms with van der Waals surface area (Å²) in [5.41, 5.74) is 0.921. The highest BCUT2D eigenvalue weighted by atomic mass is 19.1. The standard InChI is InChI=1S/C15H25FN2O/c1-12(2)8-17-9-15(19)11-18(3)10-13-5-4-6-14(16)7-13/h4-7,12,15,17,19H,8-11H2,1-3H3. The first-order valence-electron chi connectivity index (χ1n) is 6.79. The molecule has 2 N–H and O–H groups in total. The molecule has 19 heavy (non-hydrogen) atoms. The highest BCUT2D eigenvalue weighted by Gasteiger charge is 2.09. The summed E-state index contributed by atoms with van der Waals surface area (Å²) in [5, 5.41) is 13.1. The van der Waals surface area contributed by atoms with Crippen molar-refractivity contribution in [3.05, 3.63) is 35.6 Å². The third-order valence-corrected chi connectivity index (χ3v) is 2.80. The van der Waals surface area contributed by atoms with Crippen LogP contribution in [0.3, 0.4) is 0 Å². The summed E-state index contributed by atoms with van der Waals surface area (Å²) in [6.07, 6.45) is -0.405. The summed E-state index contributed by atoms with van der Waals surface area (Å²) in [7, 11) is 1.93. The number of halogens is 1. The number of hydrogen-bond acceptors (Lipinski definition) is 3. The Kier molecular flexibility index (Phi) is 6.99. The molecule has 1 rings (SSSR count). The van der Waals surface area contributed by atoms with Gasteiger partial charge < -0.3 is 10.4 Å². The lowest BCUT2D eigenvalue weighted by Crippen LogP contribution is -2.37. The molecule has 0 aromatic heterocycles. The van der Waals surface area contributed by atoms with Crippen molar-refractivity contribution in [2.45, 2.75) is 26.5 Å². The monoisotopic (exact) mass is 268 g/mol. The molecular weight excluding hydrogens is 243 g/mol. The fourth-order valence-corrected chi connectivity index (χ4v) is 1.97. The molecule has 1 atom stereocenters. The zero-order valence-electron chi connectivity index (χ0n) is 12.1. The molecule has 0 saturated carbocycles. The van der Waals surface area contributed by atoms with Gasteiger partial charge in [0, 0.05) is 19.6 Å². The van der Waals surface area contributed by atoms with Crippen LogP contribution in [0.4, 0.5) is 4.39 Å². The molecule has 108 valence electrons. The SMILES string of the molecule is CC(C)CNCC(O)CN(C)Cc1cccc(F)c1. The summed E-state index contributed by atoms with van der Waals surface area (Å²) in [6, 6.07) is 6.57. The van der Waals surface area contributed by atoms with Gasteiger partial charge in [0.05, 0.1) is 6.10 Å². The van der Waals surface area contributed by atoms with Crippen molar-refractivity contribution in [3.8, 4) is 0 Å².